The Morgan fingerprint density at radius 3 is 3.00 bits per heavy atom. The van der Waals surface area contributed by atoms with E-state index in [0.29, 0.717) is 13.2 Å². The van der Waals surface area contributed by atoms with E-state index in [1.165, 1.54) is 4.88 Å². The maximum Gasteiger partial charge on any atom is 0.328 e. The standard InChI is InChI=1S/C15H23NO3S/c1-3-12-7-8-13(20-12)14(15(17)18-4-2)16-10-11-6-5-9-19-11/h7-8,11,14,16H,3-6,9-10H2,1-2H3. The van der Waals surface area contributed by atoms with Crippen molar-refractivity contribution in [2.75, 3.05) is 19.8 Å². The molecule has 0 radical (unpaired) electrons. The summed E-state index contributed by atoms with van der Waals surface area (Å²) in [7, 11) is 0. The molecule has 2 atom stereocenters. The highest BCUT2D eigenvalue weighted by Crippen LogP contribution is 2.25. The molecule has 5 heteroatoms. The SMILES string of the molecule is CCOC(=O)C(NCC1CCCO1)c1ccc(CC)s1. The Bertz CT molecular complexity index is 427. The van der Waals surface area contributed by atoms with Gasteiger partial charge in [0.25, 0.3) is 0 Å². The third-order valence-corrected chi connectivity index (χ3v) is 4.71. The van der Waals surface area contributed by atoms with Crippen LogP contribution in [0.5, 0.6) is 0 Å². The number of rotatable bonds is 7. The Kier molecular flexibility index (Phi) is 6.01. The molecule has 1 fully saturated rings. The van der Waals surface area contributed by atoms with Crippen LogP contribution in [0, 0.1) is 0 Å². The largest absolute Gasteiger partial charge is 0.465 e. The fourth-order valence-electron chi connectivity index (χ4n) is 2.32. The molecule has 1 aromatic rings. The van der Waals surface area contributed by atoms with Crippen LogP contribution in [0.1, 0.15) is 42.5 Å². The lowest BCUT2D eigenvalue weighted by atomic mass is 10.2. The summed E-state index contributed by atoms with van der Waals surface area (Å²) < 4.78 is 10.8. The molecule has 2 unspecified atom stereocenters. The molecule has 0 amide bonds. The van der Waals surface area contributed by atoms with Crippen LogP contribution in [0.3, 0.4) is 0 Å². The van der Waals surface area contributed by atoms with Gasteiger partial charge in [-0.05, 0) is 38.3 Å². The van der Waals surface area contributed by atoms with E-state index in [-0.39, 0.29) is 18.1 Å². The molecule has 0 spiro atoms. The quantitative estimate of drug-likeness (QED) is 0.786. The third-order valence-electron chi connectivity index (χ3n) is 3.41. The van der Waals surface area contributed by atoms with Crippen molar-refractivity contribution in [3.05, 3.63) is 21.9 Å². The highest BCUT2D eigenvalue weighted by atomic mass is 32.1. The number of esters is 1. The third kappa shape index (κ3) is 4.04. The highest BCUT2D eigenvalue weighted by Gasteiger charge is 2.25. The molecule has 1 aliphatic heterocycles. The maximum absolute atomic E-state index is 12.1. The maximum atomic E-state index is 12.1. The second kappa shape index (κ2) is 7.76. The van der Waals surface area contributed by atoms with Gasteiger partial charge in [-0.1, -0.05) is 6.92 Å². The number of aryl methyl sites for hydroxylation is 1. The predicted molar refractivity (Wildman–Crippen MR) is 80.0 cm³/mol. The Balaban J connectivity index is 2.01. The van der Waals surface area contributed by atoms with Crippen LogP contribution < -0.4 is 5.32 Å². The minimum absolute atomic E-state index is 0.199. The van der Waals surface area contributed by atoms with Crippen molar-refractivity contribution in [2.24, 2.45) is 0 Å². The second-order valence-electron chi connectivity index (χ2n) is 4.89. The van der Waals surface area contributed by atoms with Gasteiger partial charge in [0.15, 0.2) is 0 Å². The predicted octanol–water partition coefficient (Wildman–Crippen LogP) is 2.68. The van der Waals surface area contributed by atoms with Gasteiger partial charge in [-0.25, -0.2) is 4.79 Å². The van der Waals surface area contributed by atoms with E-state index >= 15 is 0 Å². The molecule has 1 aromatic heterocycles. The van der Waals surface area contributed by atoms with E-state index in [4.69, 9.17) is 9.47 Å². The number of nitrogens with one attached hydrogen (secondary N) is 1. The average molecular weight is 297 g/mol. The van der Waals surface area contributed by atoms with E-state index in [2.05, 4.69) is 18.3 Å². The number of ether oxygens (including phenoxy) is 2. The van der Waals surface area contributed by atoms with Crippen LogP contribution in [-0.2, 0) is 20.7 Å². The van der Waals surface area contributed by atoms with Gasteiger partial charge >= 0.3 is 5.97 Å². The Morgan fingerprint density at radius 2 is 2.40 bits per heavy atom. The second-order valence-corrected chi connectivity index (χ2v) is 6.09. The van der Waals surface area contributed by atoms with Crippen LogP contribution in [0.15, 0.2) is 12.1 Å². The van der Waals surface area contributed by atoms with Gasteiger partial charge < -0.3 is 9.47 Å². The molecule has 0 saturated carbocycles. The normalized spacial score (nSPS) is 20.0. The van der Waals surface area contributed by atoms with Crippen molar-refractivity contribution in [1.29, 1.82) is 0 Å². The Hall–Kier alpha value is -0.910. The minimum atomic E-state index is -0.371. The van der Waals surface area contributed by atoms with Gasteiger partial charge in [-0.15, -0.1) is 11.3 Å². The van der Waals surface area contributed by atoms with E-state index in [1.54, 1.807) is 11.3 Å². The fourth-order valence-corrected chi connectivity index (χ4v) is 3.34. The van der Waals surface area contributed by atoms with Gasteiger partial charge in [0.2, 0.25) is 0 Å². The van der Waals surface area contributed by atoms with Gasteiger partial charge in [-0.3, -0.25) is 5.32 Å². The van der Waals surface area contributed by atoms with Crippen LogP contribution in [0.25, 0.3) is 0 Å². The highest BCUT2D eigenvalue weighted by molar-refractivity contribution is 7.12. The van der Waals surface area contributed by atoms with Gasteiger partial charge in [0, 0.05) is 22.9 Å². The molecule has 1 N–H and O–H groups in total. The smallest absolute Gasteiger partial charge is 0.328 e. The first-order valence-corrected chi connectivity index (χ1v) is 8.16. The van der Waals surface area contributed by atoms with Crippen LogP contribution in [0.2, 0.25) is 0 Å². The molecule has 1 aliphatic rings. The number of hydrogen-bond donors (Lipinski definition) is 1. The fraction of sp³-hybridized carbons (Fsp3) is 0.667. The van der Waals surface area contributed by atoms with Gasteiger partial charge in [-0.2, -0.15) is 0 Å². The zero-order valence-electron chi connectivity index (χ0n) is 12.2. The zero-order valence-corrected chi connectivity index (χ0v) is 13.0. The van der Waals surface area contributed by atoms with Crippen LogP contribution in [0.4, 0.5) is 0 Å². The Morgan fingerprint density at radius 1 is 1.55 bits per heavy atom. The lowest BCUT2D eigenvalue weighted by molar-refractivity contribution is -0.145. The number of carbonyl (C=O) groups excluding carboxylic acids is 1. The van der Waals surface area contributed by atoms with Crippen molar-refractivity contribution >= 4 is 17.3 Å². The molecule has 2 heterocycles. The molecule has 20 heavy (non-hydrogen) atoms. The van der Waals surface area contributed by atoms with Crippen molar-refractivity contribution in [2.45, 2.75) is 45.3 Å². The zero-order chi connectivity index (χ0) is 14.4. The molecule has 0 bridgehead atoms. The monoisotopic (exact) mass is 297 g/mol. The summed E-state index contributed by atoms with van der Waals surface area (Å²) >= 11 is 1.67. The first kappa shape index (κ1) is 15.5. The van der Waals surface area contributed by atoms with E-state index in [1.807, 2.05) is 13.0 Å². The van der Waals surface area contributed by atoms with Crippen LogP contribution in [-0.4, -0.2) is 31.8 Å². The van der Waals surface area contributed by atoms with Gasteiger partial charge in [0.1, 0.15) is 6.04 Å². The summed E-state index contributed by atoms with van der Waals surface area (Å²) in [6, 6.07) is 3.73. The molecular formula is C15H23NO3S. The topological polar surface area (TPSA) is 47.6 Å². The number of carbonyl (C=O) groups is 1. The van der Waals surface area contributed by atoms with Crippen molar-refractivity contribution in [3.8, 4) is 0 Å². The average Bonchev–Trinajstić information content (AvgIpc) is 3.10. The van der Waals surface area contributed by atoms with E-state index < -0.39 is 0 Å². The summed E-state index contributed by atoms with van der Waals surface area (Å²) in [5.41, 5.74) is 0. The van der Waals surface area contributed by atoms with E-state index in [0.717, 1.165) is 30.7 Å². The first-order chi connectivity index (χ1) is 9.74. The summed E-state index contributed by atoms with van der Waals surface area (Å²) in [5.74, 6) is -0.199. The Labute approximate surface area is 124 Å². The van der Waals surface area contributed by atoms with Crippen molar-refractivity contribution in [1.82, 2.24) is 5.32 Å². The molecule has 1 saturated heterocycles. The summed E-state index contributed by atoms with van der Waals surface area (Å²) in [4.78, 5) is 14.4. The lowest BCUT2D eigenvalue weighted by Crippen LogP contribution is -2.35. The summed E-state index contributed by atoms with van der Waals surface area (Å²) in [5, 5.41) is 3.31. The van der Waals surface area contributed by atoms with Crippen LogP contribution >= 0.6 is 11.3 Å². The first-order valence-electron chi connectivity index (χ1n) is 7.34. The molecular weight excluding hydrogens is 274 g/mol. The number of thiophene rings is 1. The van der Waals surface area contributed by atoms with Crippen molar-refractivity contribution < 1.29 is 14.3 Å². The molecule has 0 aliphatic carbocycles. The summed E-state index contributed by atoms with van der Waals surface area (Å²) in [6.07, 6.45) is 3.38. The molecule has 112 valence electrons. The minimum Gasteiger partial charge on any atom is -0.465 e. The number of hydrogen-bond acceptors (Lipinski definition) is 5. The molecule has 4 nitrogen and oxygen atoms in total. The van der Waals surface area contributed by atoms with Crippen molar-refractivity contribution in [3.63, 3.8) is 0 Å². The molecule has 2 rings (SSSR count). The molecule has 0 aromatic carbocycles. The summed E-state index contributed by atoms with van der Waals surface area (Å²) in [6.45, 7) is 5.89. The van der Waals surface area contributed by atoms with Gasteiger partial charge in [0.05, 0.1) is 12.7 Å². The van der Waals surface area contributed by atoms with E-state index in [9.17, 15) is 4.79 Å². The lowest BCUT2D eigenvalue weighted by Gasteiger charge is -2.18.